The first-order valence-corrected chi connectivity index (χ1v) is 10.8. The van der Waals surface area contributed by atoms with Gasteiger partial charge in [0.2, 0.25) is 0 Å². The molecule has 1 amide bonds. The van der Waals surface area contributed by atoms with Crippen LogP contribution in [0.5, 0.6) is 5.75 Å². The molecule has 0 spiro atoms. The highest BCUT2D eigenvalue weighted by Gasteiger charge is 2.52. The summed E-state index contributed by atoms with van der Waals surface area (Å²) in [4.78, 5) is 15.6. The minimum absolute atomic E-state index is 0.0679. The molecular formula is C28H26N2O2. The molecule has 0 saturated carbocycles. The number of amides is 1. The number of phenolic OH excluding ortho intramolecular Hbond substituents is 1. The molecule has 0 aromatic heterocycles. The number of hydrogen-bond donors (Lipinski definition) is 2. The molecule has 0 radical (unpaired) electrons. The minimum Gasteiger partial charge on any atom is -0.508 e. The van der Waals surface area contributed by atoms with Crippen molar-refractivity contribution in [3.8, 4) is 5.75 Å². The van der Waals surface area contributed by atoms with Crippen molar-refractivity contribution in [3.05, 3.63) is 125 Å². The lowest BCUT2D eigenvalue weighted by atomic mass is 9.76. The van der Waals surface area contributed by atoms with Crippen molar-refractivity contribution in [1.82, 2.24) is 0 Å². The Hall–Kier alpha value is -4.05. The van der Waals surface area contributed by atoms with Gasteiger partial charge < -0.3 is 10.8 Å². The maximum Gasteiger partial charge on any atom is 0.260 e. The molecule has 0 saturated heterocycles. The van der Waals surface area contributed by atoms with Crippen LogP contribution in [0.15, 0.2) is 103 Å². The summed E-state index contributed by atoms with van der Waals surface area (Å²) in [5.74, 6) is 0.108. The Morgan fingerprint density at radius 1 is 0.719 bits per heavy atom. The molecular weight excluding hydrogens is 396 g/mol. The van der Waals surface area contributed by atoms with Crippen LogP contribution in [0.4, 0.5) is 11.4 Å². The summed E-state index contributed by atoms with van der Waals surface area (Å²) in [5.41, 5.74) is 9.90. The van der Waals surface area contributed by atoms with Gasteiger partial charge in [-0.2, -0.15) is 0 Å². The predicted molar refractivity (Wildman–Crippen MR) is 130 cm³/mol. The number of nitrogen functional groups attached to an aromatic ring is 1. The van der Waals surface area contributed by atoms with Gasteiger partial charge in [0.25, 0.3) is 5.91 Å². The van der Waals surface area contributed by atoms with Gasteiger partial charge in [0.1, 0.15) is 11.3 Å². The molecule has 32 heavy (non-hydrogen) atoms. The third kappa shape index (κ3) is 3.21. The highest BCUT2D eigenvalue weighted by Crippen LogP contribution is 2.51. The van der Waals surface area contributed by atoms with Crippen LogP contribution < -0.4 is 10.6 Å². The fourth-order valence-electron chi connectivity index (χ4n) is 4.43. The summed E-state index contributed by atoms with van der Waals surface area (Å²) in [5, 5.41) is 9.92. The van der Waals surface area contributed by atoms with E-state index in [1.54, 1.807) is 12.1 Å². The van der Waals surface area contributed by atoms with Crippen LogP contribution in [0.3, 0.4) is 0 Å². The van der Waals surface area contributed by atoms with E-state index in [4.69, 9.17) is 5.73 Å². The minimum atomic E-state index is -0.892. The summed E-state index contributed by atoms with van der Waals surface area (Å²) in [6.45, 7) is 4.00. The van der Waals surface area contributed by atoms with E-state index in [1.165, 1.54) is 0 Å². The standard InChI is InChI=1S/C26H20N2O2.C2H6/c27-20-14-10-18(11-15-20)26(19-12-16-22(29)17-13-19)24-9-5-4-8-23(24)25(30)28(26)21-6-2-1-3-7-21;1-2/h1-17,29H,27H2;1-2H3. The number of phenols is 1. The van der Waals surface area contributed by atoms with E-state index >= 15 is 0 Å². The Bertz CT molecular complexity index is 1170. The van der Waals surface area contributed by atoms with E-state index in [0.717, 1.165) is 22.4 Å². The number of aromatic hydroxyl groups is 1. The smallest absolute Gasteiger partial charge is 0.260 e. The number of carbonyl (C=O) groups is 1. The average molecular weight is 423 g/mol. The van der Waals surface area contributed by atoms with Crippen molar-refractivity contribution in [2.45, 2.75) is 19.4 Å². The number of fused-ring (bicyclic) bond motifs is 1. The molecule has 160 valence electrons. The Morgan fingerprint density at radius 3 is 1.88 bits per heavy atom. The lowest BCUT2D eigenvalue weighted by Crippen LogP contribution is -2.46. The van der Waals surface area contributed by atoms with E-state index in [9.17, 15) is 9.90 Å². The molecule has 4 nitrogen and oxygen atoms in total. The molecule has 1 heterocycles. The van der Waals surface area contributed by atoms with Crippen molar-refractivity contribution in [2.24, 2.45) is 0 Å². The fraction of sp³-hybridized carbons (Fsp3) is 0.107. The lowest BCUT2D eigenvalue weighted by Gasteiger charge is -2.40. The zero-order valence-corrected chi connectivity index (χ0v) is 18.2. The molecule has 3 N–H and O–H groups in total. The Morgan fingerprint density at radius 2 is 1.25 bits per heavy atom. The molecule has 1 aliphatic heterocycles. The van der Waals surface area contributed by atoms with E-state index in [0.29, 0.717) is 11.3 Å². The number of nitrogens with two attached hydrogens (primary N) is 1. The van der Waals surface area contributed by atoms with Gasteiger partial charge in [-0.3, -0.25) is 9.69 Å². The topological polar surface area (TPSA) is 66.6 Å². The quantitative estimate of drug-likeness (QED) is 0.401. The predicted octanol–water partition coefficient (Wildman–Crippen LogP) is 5.95. The number of hydrogen-bond acceptors (Lipinski definition) is 3. The van der Waals surface area contributed by atoms with Crippen molar-refractivity contribution < 1.29 is 9.90 Å². The van der Waals surface area contributed by atoms with Gasteiger partial charge in [0.05, 0.1) is 0 Å². The second kappa shape index (κ2) is 8.60. The second-order valence-electron chi connectivity index (χ2n) is 7.40. The van der Waals surface area contributed by atoms with Crippen LogP contribution in [0.1, 0.15) is 40.9 Å². The van der Waals surface area contributed by atoms with Crippen LogP contribution in [0.25, 0.3) is 0 Å². The zero-order chi connectivity index (χ0) is 22.7. The maximum atomic E-state index is 13.7. The lowest BCUT2D eigenvalue weighted by molar-refractivity contribution is 0.0986. The first kappa shape index (κ1) is 21.2. The largest absolute Gasteiger partial charge is 0.508 e. The third-order valence-electron chi connectivity index (χ3n) is 5.71. The van der Waals surface area contributed by atoms with Gasteiger partial charge in [-0.05, 0) is 59.2 Å². The van der Waals surface area contributed by atoms with Gasteiger partial charge in [0.15, 0.2) is 0 Å². The fourth-order valence-corrected chi connectivity index (χ4v) is 4.43. The van der Waals surface area contributed by atoms with Crippen LogP contribution in [0.2, 0.25) is 0 Å². The number of benzene rings is 4. The van der Waals surface area contributed by atoms with Gasteiger partial charge >= 0.3 is 0 Å². The Kier molecular flexibility index (Phi) is 5.69. The molecule has 4 heteroatoms. The van der Waals surface area contributed by atoms with Crippen molar-refractivity contribution in [3.63, 3.8) is 0 Å². The van der Waals surface area contributed by atoms with E-state index < -0.39 is 5.54 Å². The summed E-state index contributed by atoms with van der Waals surface area (Å²) in [7, 11) is 0. The Balaban J connectivity index is 0.00000119. The third-order valence-corrected chi connectivity index (χ3v) is 5.71. The molecule has 0 aliphatic carbocycles. The van der Waals surface area contributed by atoms with Gasteiger partial charge in [-0.1, -0.05) is 74.5 Å². The molecule has 1 atom stereocenters. The van der Waals surface area contributed by atoms with Gasteiger partial charge in [0, 0.05) is 16.9 Å². The van der Waals surface area contributed by atoms with Gasteiger partial charge in [-0.25, -0.2) is 0 Å². The van der Waals surface area contributed by atoms with Crippen LogP contribution >= 0.6 is 0 Å². The van der Waals surface area contributed by atoms with E-state index in [2.05, 4.69) is 0 Å². The average Bonchev–Trinajstić information content (AvgIpc) is 3.11. The normalized spacial score (nSPS) is 16.8. The first-order valence-electron chi connectivity index (χ1n) is 10.8. The molecule has 0 fully saturated rings. The number of carbonyl (C=O) groups excluding carboxylic acids is 1. The summed E-state index contributed by atoms with van der Waals surface area (Å²) in [6, 6.07) is 32.1. The van der Waals surface area contributed by atoms with Crippen molar-refractivity contribution in [2.75, 3.05) is 10.6 Å². The summed E-state index contributed by atoms with van der Waals surface area (Å²) >= 11 is 0. The number of para-hydroxylation sites is 1. The number of anilines is 2. The van der Waals surface area contributed by atoms with Crippen molar-refractivity contribution >= 4 is 17.3 Å². The molecule has 0 bridgehead atoms. The van der Waals surface area contributed by atoms with E-state index in [1.807, 2.05) is 110 Å². The second-order valence-corrected chi connectivity index (χ2v) is 7.40. The zero-order valence-electron chi connectivity index (χ0n) is 18.2. The molecule has 1 aliphatic rings. The van der Waals surface area contributed by atoms with Crippen molar-refractivity contribution in [1.29, 1.82) is 0 Å². The first-order chi connectivity index (χ1) is 15.6. The maximum absolute atomic E-state index is 13.7. The van der Waals surface area contributed by atoms with Crippen LogP contribution in [-0.4, -0.2) is 11.0 Å². The summed E-state index contributed by atoms with van der Waals surface area (Å²) < 4.78 is 0. The summed E-state index contributed by atoms with van der Waals surface area (Å²) in [6.07, 6.45) is 0. The molecule has 5 rings (SSSR count). The molecule has 1 unspecified atom stereocenters. The SMILES string of the molecule is CC.Nc1ccc(C2(c3ccc(O)cc3)c3ccccc3C(=O)N2c2ccccc2)cc1. The highest BCUT2D eigenvalue weighted by atomic mass is 16.3. The van der Waals surface area contributed by atoms with Crippen LogP contribution in [-0.2, 0) is 5.54 Å². The molecule has 4 aromatic rings. The van der Waals surface area contributed by atoms with Gasteiger partial charge in [-0.15, -0.1) is 0 Å². The number of rotatable bonds is 3. The number of nitrogens with zero attached hydrogens (tertiary/aromatic N) is 1. The molecule has 4 aromatic carbocycles. The monoisotopic (exact) mass is 422 g/mol. The highest BCUT2D eigenvalue weighted by molar-refractivity contribution is 6.13. The van der Waals surface area contributed by atoms with Crippen LogP contribution in [0, 0.1) is 0 Å². The van der Waals surface area contributed by atoms with E-state index in [-0.39, 0.29) is 11.7 Å². The Labute approximate surface area is 188 Å².